The number of hydrogen-bond acceptors (Lipinski definition) is 6. The van der Waals surface area contributed by atoms with Crippen LogP contribution in [0.25, 0.3) is 0 Å². The van der Waals surface area contributed by atoms with Gasteiger partial charge in [0.2, 0.25) is 10.0 Å². The van der Waals surface area contributed by atoms with Crippen LogP contribution in [0.1, 0.15) is 17.7 Å². The van der Waals surface area contributed by atoms with Gasteiger partial charge in [0.1, 0.15) is 4.90 Å². The Kier molecular flexibility index (Phi) is 4.79. The third kappa shape index (κ3) is 3.81. The zero-order valence-electron chi connectivity index (χ0n) is 11.7. The normalized spacial score (nSPS) is 12.8. The number of nitro benzene ring substituents is 1. The van der Waals surface area contributed by atoms with E-state index in [2.05, 4.69) is 5.32 Å². The van der Waals surface area contributed by atoms with E-state index < -0.39 is 14.9 Å². The standard InChI is InChI=1S/C13H15N3O4S2/c1-9(12-3-2-6-21-12)8-15-11-7-10(16(17)18)4-5-13(11)22(14,19)20/h2-7,9,15H,8H2,1H3,(H2,14,19,20). The van der Waals surface area contributed by atoms with Crippen molar-refractivity contribution >= 4 is 32.7 Å². The molecule has 22 heavy (non-hydrogen) atoms. The predicted octanol–water partition coefficient (Wildman–Crippen LogP) is 2.52. The monoisotopic (exact) mass is 341 g/mol. The number of nitrogens with one attached hydrogen (secondary N) is 1. The molecule has 1 unspecified atom stereocenters. The second-order valence-electron chi connectivity index (χ2n) is 4.78. The quantitative estimate of drug-likeness (QED) is 0.619. The molecule has 0 aliphatic carbocycles. The molecule has 1 atom stereocenters. The number of anilines is 1. The van der Waals surface area contributed by atoms with Crippen LogP contribution in [0.15, 0.2) is 40.6 Å². The minimum Gasteiger partial charge on any atom is -0.383 e. The van der Waals surface area contributed by atoms with E-state index in [1.54, 1.807) is 11.3 Å². The highest BCUT2D eigenvalue weighted by Gasteiger charge is 2.18. The number of benzene rings is 1. The number of thiophene rings is 1. The van der Waals surface area contributed by atoms with E-state index in [0.717, 1.165) is 17.0 Å². The van der Waals surface area contributed by atoms with Crippen LogP contribution in [0.5, 0.6) is 0 Å². The van der Waals surface area contributed by atoms with Gasteiger partial charge in [-0.15, -0.1) is 11.3 Å². The van der Waals surface area contributed by atoms with Crippen molar-refractivity contribution in [2.24, 2.45) is 5.14 Å². The number of nitrogens with zero attached hydrogens (tertiary/aromatic N) is 1. The van der Waals surface area contributed by atoms with Gasteiger partial charge in [-0.3, -0.25) is 10.1 Å². The summed E-state index contributed by atoms with van der Waals surface area (Å²) >= 11 is 1.59. The molecule has 1 heterocycles. The number of primary sulfonamides is 1. The van der Waals surface area contributed by atoms with Gasteiger partial charge in [-0.05, 0) is 17.5 Å². The summed E-state index contributed by atoms with van der Waals surface area (Å²) < 4.78 is 23.2. The van der Waals surface area contributed by atoms with E-state index in [4.69, 9.17) is 5.14 Å². The highest BCUT2D eigenvalue weighted by Crippen LogP contribution is 2.27. The van der Waals surface area contributed by atoms with E-state index in [0.29, 0.717) is 6.54 Å². The van der Waals surface area contributed by atoms with Gasteiger partial charge in [0, 0.05) is 29.5 Å². The molecule has 1 aromatic carbocycles. The Morgan fingerprint density at radius 3 is 2.68 bits per heavy atom. The van der Waals surface area contributed by atoms with Crippen molar-refractivity contribution in [1.29, 1.82) is 0 Å². The van der Waals surface area contributed by atoms with Crippen molar-refractivity contribution in [1.82, 2.24) is 0 Å². The van der Waals surface area contributed by atoms with Gasteiger partial charge in [-0.2, -0.15) is 0 Å². The van der Waals surface area contributed by atoms with Gasteiger partial charge < -0.3 is 5.32 Å². The molecule has 7 nitrogen and oxygen atoms in total. The fourth-order valence-electron chi connectivity index (χ4n) is 1.95. The first-order chi connectivity index (χ1) is 10.3. The number of nitro groups is 1. The van der Waals surface area contributed by atoms with Crippen LogP contribution in [0.2, 0.25) is 0 Å². The summed E-state index contributed by atoms with van der Waals surface area (Å²) in [6.07, 6.45) is 0. The third-order valence-corrected chi connectivity index (χ3v) is 5.18. The molecule has 0 fully saturated rings. The van der Waals surface area contributed by atoms with E-state index in [9.17, 15) is 18.5 Å². The lowest BCUT2D eigenvalue weighted by Crippen LogP contribution is -2.17. The van der Waals surface area contributed by atoms with Crippen molar-refractivity contribution in [2.75, 3.05) is 11.9 Å². The maximum atomic E-state index is 11.6. The summed E-state index contributed by atoms with van der Waals surface area (Å²) in [6.45, 7) is 2.41. The Balaban J connectivity index is 2.27. The van der Waals surface area contributed by atoms with Crippen molar-refractivity contribution in [3.63, 3.8) is 0 Å². The first-order valence-electron chi connectivity index (χ1n) is 6.37. The zero-order chi connectivity index (χ0) is 16.3. The molecule has 0 radical (unpaired) electrons. The molecule has 0 saturated carbocycles. The average Bonchev–Trinajstić information content (AvgIpc) is 2.97. The van der Waals surface area contributed by atoms with Gasteiger partial charge in [0.25, 0.3) is 5.69 Å². The largest absolute Gasteiger partial charge is 0.383 e. The molecular formula is C13H15N3O4S2. The highest BCUT2D eigenvalue weighted by molar-refractivity contribution is 7.89. The molecule has 2 aromatic rings. The summed E-state index contributed by atoms with van der Waals surface area (Å²) in [7, 11) is -3.96. The molecule has 0 bridgehead atoms. The Hall–Kier alpha value is -1.97. The van der Waals surface area contributed by atoms with Crippen molar-refractivity contribution in [2.45, 2.75) is 17.7 Å². The van der Waals surface area contributed by atoms with Crippen LogP contribution < -0.4 is 10.5 Å². The second kappa shape index (κ2) is 6.42. The van der Waals surface area contributed by atoms with Crippen LogP contribution in [0.3, 0.4) is 0 Å². The van der Waals surface area contributed by atoms with Crippen LogP contribution in [0.4, 0.5) is 11.4 Å². The first kappa shape index (κ1) is 16.4. The van der Waals surface area contributed by atoms with E-state index in [-0.39, 0.29) is 22.2 Å². The van der Waals surface area contributed by atoms with Crippen LogP contribution in [0, 0.1) is 10.1 Å². The minimum absolute atomic E-state index is 0.132. The van der Waals surface area contributed by atoms with E-state index in [1.807, 2.05) is 24.4 Å². The third-order valence-electron chi connectivity index (χ3n) is 3.11. The van der Waals surface area contributed by atoms with Gasteiger partial charge in [0.05, 0.1) is 10.6 Å². The first-order valence-corrected chi connectivity index (χ1v) is 8.80. The Bertz CT molecular complexity index is 773. The van der Waals surface area contributed by atoms with Gasteiger partial charge in [0.15, 0.2) is 0 Å². The van der Waals surface area contributed by atoms with Crippen LogP contribution in [-0.4, -0.2) is 19.9 Å². The SMILES string of the molecule is CC(CNc1cc([N+](=O)[O-])ccc1S(N)(=O)=O)c1cccs1. The molecule has 3 N–H and O–H groups in total. The molecule has 1 aromatic heterocycles. The summed E-state index contributed by atoms with van der Waals surface area (Å²) in [6, 6.07) is 7.35. The van der Waals surface area contributed by atoms with Crippen LogP contribution in [-0.2, 0) is 10.0 Å². The molecule has 0 aliphatic heterocycles. The fourth-order valence-corrected chi connectivity index (χ4v) is 3.44. The van der Waals surface area contributed by atoms with E-state index >= 15 is 0 Å². The average molecular weight is 341 g/mol. The maximum Gasteiger partial charge on any atom is 0.271 e. The van der Waals surface area contributed by atoms with Crippen molar-refractivity contribution in [3.05, 3.63) is 50.7 Å². The number of hydrogen-bond donors (Lipinski definition) is 2. The Morgan fingerprint density at radius 2 is 2.14 bits per heavy atom. The summed E-state index contributed by atoms with van der Waals surface area (Å²) in [4.78, 5) is 11.2. The molecule has 0 amide bonds. The number of rotatable bonds is 6. The summed E-state index contributed by atoms with van der Waals surface area (Å²) in [5.74, 6) is 0.132. The van der Waals surface area contributed by atoms with Crippen molar-refractivity contribution < 1.29 is 13.3 Å². The minimum atomic E-state index is -3.96. The summed E-state index contributed by atoms with van der Waals surface area (Å²) in [5, 5.41) is 20.9. The molecule has 0 saturated heterocycles. The molecular weight excluding hydrogens is 326 g/mol. The van der Waals surface area contributed by atoms with E-state index in [1.165, 1.54) is 6.07 Å². The molecule has 2 rings (SSSR count). The van der Waals surface area contributed by atoms with Gasteiger partial charge in [-0.25, -0.2) is 13.6 Å². The van der Waals surface area contributed by atoms with Crippen LogP contribution >= 0.6 is 11.3 Å². The zero-order valence-corrected chi connectivity index (χ0v) is 13.4. The second-order valence-corrected chi connectivity index (χ2v) is 7.29. The lowest BCUT2D eigenvalue weighted by molar-refractivity contribution is -0.384. The number of sulfonamides is 1. The topological polar surface area (TPSA) is 115 Å². The molecule has 118 valence electrons. The van der Waals surface area contributed by atoms with Gasteiger partial charge >= 0.3 is 0 Å². The Labute approximate surface area is 132 Å². The predicted molar refractivity (Wildman–Crippen MR) is 85.7 cm³/mol. The maximum absolute atomic E-state index is 11.6. The summed E-state index contributed by atoms with van der Waals surface area (Å²) in [5.41, 5.74) is -0.0567. The van der Waals surface area contributed by atoms with Crippen molar-refractivity contribution in [3.8, 4) is 0 Å². The Morgan fingerprint density at radius 1 is 1.41 bits per heavy atom. The number of nitrogens with two attached hydrogens (primary N) is 1. The van der Waals surface area contributed by atoms with Gasteiger partial charge in [-0.1, -0.05) is 13.0 Å². The highest BCUT2D eigenvalue weighted by atomic mass is 32.2. The lowest BCUT2D eigenvalue weighted by atomic mass is 10.1. The fraction of sp³-hybridized carbons (Fsp3) is 0.231. The molecule has 9 heteroatoms. The lowest BCUT2D eigenvalue weighted by Gasteiger charge is -2.14. The molecule has 0 spiro atoms. The smallest absolute Gasteiger partial charge is 0.271 e. The number of non-ortho nitro benzene ring substituents is 1. The molecule has 0 aliphatic rings.